The molecule has 0 bridgehead atoms. The number of hydrogen-bond acceptors (Lipinski definition) is 9. The van der Waals surface area contributed by atoms with Crippen LogP contribution in [-0.4, -0.2) is 94.0 Å². The minimum Gasteiger partial charge on any atom is -0.481 e. The zero-order valence-electron chi connectivity index (χ0n) is 18.4. The van der Waals surface area contributed by atoms with Gasteiger partial charge in [0.05, 0.1) is 18.9 Å². The molecule has 0 aromatic carbocycles. The van der Waals surface area contributed by atoms with Crippen LogP contribution in [0, 0.1) is 0 Å². The Hall–Kier alpha value is -2.52. The molecule has 0 aromatic rings. The second-order valence-electron chi connectivity index (χ2n) is 6.96. The minimum atomic E-state index is -1.70. The van der Waals surface area contributed by atoms with Crippen LogP contribution in [0.1, 0.15) is 25.7 Å². The molecular formula is C18H31N5O8S2. The molecule has 0 aromatic heterocycles. The molecule has 0 saturated heterocycles. The van der Waals surface area contributed by atoms with Gasteiger partial charge in [-0.15, -0.1) is 0 Å². The van der Waals surface area contributed by atoms with Gasteiger partial charge >= 0.3 is 11.9 Å². The summed E-state index contributed by atoms with van der Waals surface area (Å²) in [5.74, 6) is -5.45. The first-order valence-corrected chi connectivity index (χ1v) is 12.6. The van der Waals surface area contributed by atoms with Crippen molar-refractivity contribution in [2.75, 3.05) is 24.0 Å². The van der Waals surface area contributed by atoms with E-state index < -0.39 is 72.6 Å². The molecule has 0 saturated carbocycles. The summed E-state index contributed by atoms with van der Waals surface area (Å²) in [7, 11) is 0. The Labute approximate surface area is 199 Å². The van der Waals surface area contributed by atoms with Crippen molar-refractivity contribution in [3.05, 3.63) is 0 Å². The number of rotatable bonds is 17. The molecule has 33 heavy (non-hydrogen) atoms. The van der Waals surface area contributed by atoms with Gasteiger partial charge in [-0.3, -0.25) is 24.0 Å². The molecule has 4 amide bonds. The Morgan fingerprint density at radius 3 is 1.73 bits per heavy atom. The zero-order chi connectivity index (χ0) is 25.6. The third kappa shape index (κ3) is 12.9. The van der Waals surface area contributed by atoms with Crippen LogP contribution >= 0.6 is 23.5 Å². The molecule has 0 radical (unpaired) electrons. The summed E-state index contributed by atoms with van der Waals surface area (Å²) < 4.78 is 0. The monoisotopic (exact) mass is 509 g/mol. The lowest BCUT2D eigenvalue weighted by atomic mass is 10.1. The topological polar surface area (TPSA) is 231 Å². The van der Waals surface area contributed by atoms with Gasteiger partial charge in [0.2, 0.25) is 23.6 Å². The minimum absolute atomic E-state index is 0.175. The Morgan fingerprint density at radius 2 is 1.24 bits per heavy atom. The maximum atomic E-state index is 12.8. The second kappa shape index (κ2) is 16.1. The van der Waals surface area contributed by atoms with E-state index in [4.69, 9.17) is 21.7 Å². The van der Waals surface area contributed by atoms with Crippen LogP contribution in [0.25, 0.3) is 0 Å². The average Bonchev–Trinajstić information content (AvgIpc) is 2.72. The molecule has 0 rings (SSSR count). The van der Waals surface area contributed by atoms with Gasteiger partial charge in [0.25, 0.3) is 0 Å². The zero-order valence-corrected chi connectivity index (χ0v) is 20.0. The van der Waals surface area contributed by atoms with E-state index in [0.29, 0.717) is 17.9 Å². The van der Waals surface area contributed by atoms with E-state index in [1.165, 1.54) is 23.5 Å². The SMILES string of the molecule is CSCCC(N)C(=O)NC(CCSC)C(=O)NC(CC(=O)O)C(=O)NC(CC(N)=O)C(=O)O. The Balaban J connectivity index is 5.45. The fraction of sp³-hybridized carbons (Fsp3) is 0.667. The van der Waals surface area contributed by atoms with Crippen LogP contribution < -0.4 is 27.4 Å². The second-order valence-corrected chi connectivity index (χ2v) is 8.93. The van der Waals surface area contributed by atoms with Crippen LogP contribution in [-0.2, 0) is 28.8 Å². The van der Waals surface area contributed by atoms with Gasteiger partial charge < -0.3 is 37.6 Å². The molecule has 0 fully saturated rings. The van der Waals surface area contributed by atoms with Crippen molar-refractivity contribution in [1.29, 1.82) is 0 Å². The largest absolute Gasteiger partial charge is 0.481 e. The normalized spacial score (nSPS) is 14.3. The van der Waals surface area contributed by atoms with Gasteiger partial charge in [0.1, 0.15) is 18.1 Å². The molecule has 9 N–H and O–H groups in total. The molecule has 4 unspecified atom stereocenters. The molecule has 13 nitrogen and oxygen atoms in total. The predicted octanol–water partition coefficient (Wildman–Crippen LogP) is -2.29. The number of carboxylic acids is 2. The lowest BCUT2D eigenvalue weighted by molar-refractivity contribution is -0.144. The van der Waals surface area contributed by atoms with E-state index >= 15 is 0 Å². The molecule has 188 valence electrons. The molecule has 0 aliphatic heterocycles. The van der Waals surface area contributed by atoms with Gasteiger partial charge in [-0.05, 0) is 36.9 Å². The van der Waals surface area contributed by atoms with E-state index in [1.807, 2.05) is 11.6 Å². The van der Waals surface area contributed by atoms with E-state index in [-0.39, 0.29) is 6.42 Å². The Kier molecular flexibility index (Phi) is 14.9. The van der Waals surface area contributed by atoms with Gasteiger partial charge in [-0.1, -0.05) is 0 Å². The Bertz CT molecular complexity index is 724. The number of nitrogens with one attached hydrogen (secondary N) is 3. The first-order chi connectivity index (χ1) is 15.4. The van der Waals surface area contributed by atoms with Crippen LogP contribution in [0.5, 0.6) is 0 Å². The quantitative estimate of drug-likeness (QED) is 0.110. The van der Waals surface area contributed by atoms with E-state index in [0.717, 1.165) is 0 Å². The van der Waals surface area contributed by atoms with Gasteiger partial charge in [-0.2, -0.15) is 23.5 Å². The number of hydrogen-bond donors (Lipinski definition) is 7. The van der Waals surface area contributed by atoms with Gasteiger partial charge in [0, 0.05) is 0 Å². The fourth-order valence-electron chi connectivity index (χ4n) is 2.49. The summed E-state index contributed by atoms with van der Waals surface area (Å²) >= 11 is 2.90. The highest BCUT2D eigenvalue weighted by molar-refractivity contribution is 7.98. The van der Waals surface area contributed by atoms with Crippen LogP contribution in [0.4, 0.5) is 0 Å². The Morgan fingerprint density at radius 1 is 0.758 bits per heavy atom. The maximum absolute atomic E-state index is 12.8. The van der Waals surface area contributed by atoms with Crippen molar-refractivity contribution in [2.24, 2.45) is 11.5 Å². The predicted molar refractivity (Wildman–Crippen MR) is 123 cm³/mol. The molecule has 0 aliphatic carbocycles. The summed E-state index contributed by atoms with van der Waals surface area (Å²) in [6.07, 6.45) is 2.60. The number of carbonyl (C=O) groups excluding carboxylic acids is 4. The number of carboxylic acid groups (broad SMARTS) is 2. The van der Waals surface area contributed by atoms with E-state index in [1.54, 1.807) is 6.26 Å². The van der Waals surface area contributed by atoms with Crippen molar-refractivity contribution in [2.45, 2.75) is 49.9 Å². The first kappa shape index (κ1) is 30.5. The summed E-state index contributed by atoms with van der Waals surface area (Å²) in [4.78, 5) is 71.0. The average molecular weight is 510 g/mol. The molecule has 15 heteroatoms. The molecule has 4 atom stereocenters. The van der Waals surface area contributed by atoms with Crippen molar-refractivity contribution in [3.63, 3.8) is 0 Å². The third-order valence-corrected chi connectivity index (χ3v) is 5.53. The van der Waals surface area contributed by atoms with E-state index in [9.17, 15) is 28.8 Å². The summed E-state index contributed by atoms with van der Waals surface area (Å²) in [6, 6.07) is -5.33. The molecular weight excluding hydrogens is 478 g/mol. The van der Waals surface area contributed by atoms with Crippen LogP contribution in [0.15, 0.2) is 0 Å². The van der Waals surface area contributed by atoms with Crippen LogP contribution in [0.2, 0.25) is 0 Å². The summed E-state index contributed by atoms with van der Waals surface area (Å²) in [6.45, 7) is 0. The van der Waals surface area contributed by atoms with Gasteiger partial charge in [0.15, 0.2) is 0 Å². The van der Waals surface area contributed by atoms with Crippen LogP contribution in [0.3, 0.4) is 0 Å². The number of amides is 4. The fourth-order valence-corrected chi connectivity index (χ4v) is 3.45. The smallest absolute Gasteiger partial charge is 0.326 e. The number of thioether (sulfide) groups is 2. The highest BCUT2D eigenvalue weighted by Crippen LogP contribution is 2.05. The number of primary amides is 1. The number of nitrogens with two attached hydrogens (primary N) is 2. The lowest BCUT2D eigenvalue weighted by Crippen LogP contribution is -2.57. The van der Waals surface area contributed by atoms with E-state index in [2.05, 4.69) is 10.6 Å². The summed E-state index contributed by atoms with van der Waals surface area (Å²) in [5.41, 5.74) is 10.8. The standard InChI is InChI=1S/C18H31N5O8S2/c1-32-5-3-9(19)15(27)21-10(4-6-33-2)16(28)22-11(8-14(25)26)17(29)23-12(18(30)31)7-13(20)24/h9-12H,3-8,19H2,1-2H3,(H2,20,24)(H,21,27)(H,22,28)(H,23,29)(H,25,26)(H,30,31). The first-order valence-electron chi connectivity index (χ1n) is 9.80. The van der Waals surface area contributed by atoms with Gasteiger partial charge in [-0.25, -0.2) is 4.79 Å². The molecule has 0 heterocycles. The third-order valence-electron chi connectivity index (χ3n) is 4.24. The summed E-state index contributed by atoms with van der Waals surface area (Å²) in [5, 5.41) is 25.0. The lowest BCUT2D eigenvalue weighted by Gasteiger charge is -2.24. The van der Waals surface area contributed by atoms with Crippen molar-refractivity contribution >= 4 is 59.1 Å². The highest BCUT2D eigenvalue weighted by atomic mass is 32.2. The number of aliphatic carboxylic acids is 2. The highest BCUT2D eigenvalue weighted by Gasteiger charge is 2.32. The number of carbonyl (C=O) groups is 6. The molecule has 0 spiro atoms. The maximum Gasteiger partial charge on any atom is 0.326 e. The van der Waals surface area contributed by atoms with Crippen molar-refractivity contribution in [1.82, 2.24) is 16.0 Å². The molecule has 0 aliphatic rings. The van der Waals surface area contributed by atoms with Crippen molar-refractivity contribution in [3.8, 4) is 0 Å². The van der Waals surface area contributed by atoms with Crippen molar-refractivity contribution < 1.29 is 39.0 Å².